The van der Waals surface area contributed by atoms with Gasteiger partial charge in [0.05, 0.1) is 13.0 Å². The Bertz CT molecular complexity index is 1030. The molecule has 8 heteroatoms. The van der Waals surface area contributed by atoms with E-state index in [1.165, 1.54) is 12.1 Å². The van der Waals surface area contributed by atoms with Gasteiger partial charge in [-0.2, -0.15) is 4.99 Å². The van der Waals surface area contributed by atoms with Gasteiger partial charge in [-0.3, -0.25) is 15.1 Å². The van der Waals surface area contributed by atoms with Gasteiger partial charge in [-0.15, -0.1) is 0 Å². The first kappa shape index (κ1) is 23.1. The number of nitrogens with one attached hydrogen (secondary N) is 1. The molecule has 1 aliphatic rings. The molecule has 2 N–H and O–H groups in total. The standard InChI is InChI=1S/C24H27FN4O3/c1-28(12-13-32-2)24(26)27-23-19(14-18-4-3-5-21(30)15-18)10-11-29(23)22(31)16-17-6-8-20(25)9-7-17/h3-9,14-15,26,30H,10-13,16H2,1-2H3/b19-14+,26-24?,27-23+. The largest absolute Gasteiger partial charge is 0.508 e. The SMILES string of the molecule is COCCN(C)C(=N)/N=C1\C(=C\c2cccc(O)c2)CCN1C(=O)Cc1ccc(F)cc1. The summed E-state index contributed by atoms with van der Waals surface area (Å²) in [5, 5.41) is 18.1. The molecule has 1 amide bonds. The van der Waals surface area contributed by atoms with E-state index >= 15 is 0 Å². The van der Waals surface area contributed by atoms with E-state index in [0.29, 0.717) is 37.5 Å². The van der Waals surface area contributed by atoms with Crippen LogP contribution in [0.2, 0.25) is 0 Å². The number of phenols is 1. The maximum Gasteiger partial charge on any atom is 0.232 e. The van der Waals surface area contributed by atoms with Crippen molar-refractivity contribution >= 4 is 23.8 Å². The summed E-state index contributed by atoms with van der Waals surface area (Å²) in [5.41, 5.74) is 2.28. The van der Waals surface area contributed by atoms with Crippen LogP contribution in [0.15, 0.2) is 59.1 Å². The van der Waals surface area contributed by atoms with Crippen molar-refractivity contribution in [1.82, 2.24) is 9.80 Å². The summed E-state index contributed by atoms with van der Waals surface area (Å²) in [6.07, 6.45) is 2.54. The first-order valence-corrected chi connectivity index (χ1v) is 10.3. The van der Waals surface area contributed by atoms with Gasteiger partial charge < -0.3 is 14.7 Å². The molecule has 2 aromatic rings. The minimum Gasteiger partial charge on any atom is -0.508 e. The zero-order chi connectivity index (χ0) is 23.1. The quantitative estimate of drug-likeness (QED) is 0.535. The lowest BCUT2D eigenvalue weighted by Gasteiger charge is -2.20. The van der Waals surface area contributed by atoms with E-state index in [1.807, 2.05) is 12.1 Å². The fraction of sp³-hybridized carbons (Fsp3) is 0.292. The van der Waals surface area contributed by atoms with E-state index in [0.717, 1.165) is 11.1 Å². The summed E-state index contributed by atoms with van der Waals surface area (Å²) >= 11 is 0. The predicted molar refractivity (Wildman–Crippen MR) is 122 cm³/mol. The fourth-order valence-corrected chi connectivity index (χ4v) is 3.34. The molecule has 168 valence electrons. The van der Waals surface area contributed by atoms with Gasteiger partial charge in [-0.05, 0) is 53.5 Å². The number of amidine groups is 1. The van der Waals surface area contributed by atoms with Gasteiger partial charge >= 0.3 is 0 Å². The second-order valence-corrected chi connectivity index (χ2v) is 7.54. The van der Waals surface area contributed by atoms with E-state index in [2.05, 4.69) is 4.99 Å². The molecule has 1 heterocycles. The third-order valence-electron chi connectivity index (χ3n) is 5.13. The predicted octanol–water partition coefficient (Wildman–Crippen LogP) is 3.30. The summed E-state index contributed by atoms with van der Waals surface area (Å²) in [6, 6.07) is 12.6. The van der Waals surface area contributed by atoms with Crippen molar-refractivity contribution in [3.63, 3.8) is 0 Å². The number of ether oxygens (including phenoxy) is 1. The number of rotatable bonds is 6. The number of hydrogen-bond acceptors (Lipinski definition) is 4. The van der Waals surface area contributed by atoms with Crippen LogP contribution in [0.4, 0.5) is 4.39 Å². The molecular formula is C24H27FN4O3. The number of guanidine groups is 1. The summed E-state index contributed by atoms with van der Waals surface area (Å²) in [4.78, 5) is 20.7. The molecule has 1 fully saturated rings. The number of halogens is 1. The lowest BCUT2D eigenvalue weighted by molar-refractivity contribution is -0.126. The second kappa shape index (κ2) is 10.7. The second-order valence-electron chi connectivity index (χ2n) is 7.54. The molecule has 3 rings (SSSR count). The van der Waals surface area contributed by atoms with Crippen LogP contribution >= 0.6 is 0 Å². The first-order valence-electron chi connectivity index (χ1n) is 10.3. The first-order chi connectivity index (χ1) is 15.4. The van der Waals surface area contributed by atoms with Crippen molar-refractivity contribution in [2.45, 2.75) is 12.8 Å². The van der Waals surface area contributed by atoms with Gasteiger partial charge in [0.25, 0.3) is 0 Å². The van der Waals surface area contributed by atoms with Crippen LogP contribution in [0.5, 0.6) is 5.75 Å². The number of carbonyl (C=O) groups is 1. The van der Waals surface area contributed by atoms with E-state index in [9.17, 15) is 14.3 Å². The molecule has 0 aliphatic carbocycles. The number of aromatic hydroxyl groups is 1. The molecule has 7 nitrogen and oxygen atoms in total. The third kappa shape index (κ3) is 6.01. The Morgan fingerprint density at radius 3 is 2.75 bits per heavy atom. The average molecular weight is 439 g/mol. The summed E-state index contributed by atoms with van der Waals surface area (Å²) < 4.78 is 18.3. The topological polar surface area (TPSA) is 89.2 Å². The van der Waals surface area contributed by atoms with E-state index in [4.69, 9.17) is 10.1 Å². The summed E-state index contributed by atoms with van der Waals surface area (Å²) in [5.74, 6) is 0.0395. The van der Waals surface area contributed by atoms with Crippen LogP contribution in [0.1, 0.15) is 17.5 Å². The van der Waals surface area contributed by atoms with Crippen molar-refractivity contribution in [3.8, 4) is 5.75 Å². The van der Waals surface area contributed by atoms with E-state index in [-0.39, 0.29) is 29.9 Å². The van der Waals surface area contributed by atoms with Crippen molar-refractivity contribution in [2.75, 3.05) is 33.9 Å². The van der Waals surface area contributed by atoms with Gasteiger partial charge in [0, 0.05) is 27.2 Å². The number of aliphatic imine (C=N–C) groups is 1. The highest BCUT2D eigenvalue weighted by Crippen LogP contribution is 2.24. The minimum atomic E-state index is -0.353. The molecule has 0 radical (unpaired) electrons. The van der Waals surface area contributed by atoms with E-state index < -0.39 is 0 Å². The van der Waals surface area contributed by atoms with Crippen LogP contribution in [-0.4, -0.2) is 66.5 Å². The van der Waals surface area contributed by atoms with Crippen LogP contribution in [0, 0.1) is 11.2 Å². The number of phenolic OH excluding ortho intramolecular Hbond substituents is 1. The van der Waals surface area contributed by atoms with Crippen LogP contribution < -0.4 is 0 Å². The van der Waals surface area contributed by atoms with Crippen molar-refractivity contribution in [2.24, 2.45) is 4.99 Å². The molecule has 0 unspecified atom stereocenters. The van der Waals surface area contributed by atoms with Crippen molar-refractivity contribution in [3.05, 3.63) is 71.0 Å². The highest BCUT2D eigenvalue weighted by atomic mass is 19.1. The Morgan fingerprint density at radius 1 is 1.31 bits per heavy atom. The molecule has 0 atom stereocenters. The maximum atomic E-state index is 13.2. The smallest absolute Gasteiger partial charge is 0.232 e. The molecule has 0 bridgehead atoms. The molecule has 0 saturated carbocycles. The number of likely N-dealkylation sites (N-methyl/N-ethyl adjacent to an activating group) is 1. The van der Waals surface area contributed by atoms with E-state index in [1.54, 1.807) is 54.3 Å². The monoisotopic (exact) mass is 438 g/mol. The Morgan fingerprint density at radius 2 is 2.06 bits per heavy atom. The molecule has 32 heavy (non-hydrogen) atoms. The molecule has 1 saturated heterocycles. The van der Waals surface area contributed by atoms with Crippen LogP contribution in [0.25, 0.3) is 6.08 Å². The zero-order valence-corrected chi connectivity index (χ0v) is 18.2. The molecule has 1 aliphatic heterocycles. The van der Waals surface area contributed by atoms with Gasteiger partial charge in [0.2, 0.25) is 11.9 Å². The fourth-order valence-electron chi connectivity index (χ4n) is 3.34. The minimum absolute atomic E-state index is 0.0142. The summed E-state index contributed by atoms with van der Waals surface area (Å²) in [6.45, 7) is 1.36. The Balaban J connectivity index is 1.89. The summed E-state index contributed by atoms with van der Waals surface area (Å²) in [7, 11) is 3.33. The lowest BCUT2D eigenvalue weighted by atomic mass is 10.1. The maximum absolute atomic E-state index is 13.2. The molecule has 0 aromatic heterocycles. The molecular weight excluding hydrogens is 411 g/mol. The van der Waals surface area contributed by atoms with Gasteiger partial charge in [0.1, 0.15) is 17.4 Å². The van der Waals surface area contributed by atoms with Gasteiger partial charge in [-0.25, -0.2) is 4.39 Å². The van der Waals surface area contributed by atoms with Crippen molar-refractivity contribution < 1.29 is 19.0 Å². The Kier molecular flexibility index (Phi) is 7.72. The average Bonchev–Trinajstić information content (AvgIpc) is 3.15. The lowest BCUT2D eigenvalue weighted by Crippen LogP contribution is -2.36. The number of likely N-dealkylation sites (tertiary alicyclic amines) is 1. The third-order valence-corrected chi connectivity index (χ3v) is 5.13. The normalized spacial score (nSPS) is 16.0. The Labute approximate surface area is 187 Å². The van der Waals surface area contributed by atoms with Gasteiger partial charge in [0.15, 0.2) is 0 Å². The number of benzene rings is 2. The number of nitrogens with zero attached hydrogens (tertiary/aromatic N) is 3. The highest BCUT2D eigenvalue weighted by molar-refractivity contribution is 6.15. The van der Waals surface area contributed by atoms with Gasteiger partial charge in [-0.1, -0.05) is 24.3 Å². The number of amides is 1. The Hall–Kier alpha value is -3.52. The number of methoxy groups -OCH3 is 1. The number of carbonyl (C=O) groups excluding carboxylic acids is 1. The highest BCUT2D eigenvalue weighted by Gasteiger charge is 2.30. The zero-order valence-electron chi connectivity index (χ0n) is 18.2. The van der Waals surface area contributed by atoms with Crippen LogP contribution in [0.3, 0.4) is 0 Å². The van der Waals surface area contributed by atoms with Crippen molar-refractivity contribution in [1.29, 1.82) is 5.41 Å². The molecule has 2 aromatic carbocycles. The number of hydrogen-bond donors (Lipinski definition) is 2. The van der Waals surface area contributed by atoms with Crippen LogP contribution in [-0.2, 0) is 16.0 Å². The molecule has 0 spiro atoms.